The lowest BCUT2D eigenvalue weighted by Crippen LogP contribution is -2.22. The first-order valence-corrected chi connectivity index (χ1v) is 6.10. The van der Waals surface area contributed by atoms with Crippen molar-refractivity contribution >= 4 is 28.9 Å². The molecule has 4 nitrogen and oxygen atoms in total. The van der Waals surface area contributed by atoms with E-state index in [1.165, 1.54) is 0 Å². The van der Waals surface area contributed by atoms with Gasteiger partial charge in [-0.15, -0.1) is 11.3 Å². The largest absolute Gasteiger partial charge is 0.370 e. The summed E-state index contributed by atoms with van der Waals surface area (Å²) < 4.78 is 0. The fourth-order valence-corrected chi connectivity index (χ4v) is 2.24. The number of hydrogen-bond donors (Lipinski definition) is 2. The number of guanidine groups is 1. The van der Waals surface area contributed by atoms with Crippen LogP contribution in [0.15, 0.2) is 35.5 Å². The fourth-order valence-electron chi connectivity index (χ4n) is 1.28. The van der Waals surface area contributed by atoms with Crippen molar-refractivity contribution < 1.29 is 0 Å². The molecule has 0 saturated carbocycles. The van der Waals surface area contributed by atoms with Gasteiger partial charge in [-0.3, -0.25) is 0 Å². The second kappa shape index (κ2) is 5.16. The highest BCUT2D eigenvalue weighted by molar-refractivity contribution is 7.15. The first-order chi connectivity index (χ1) is 8.15. The third kappa shape index (κ3) is 3.18. The van der Waals surface area contributed by atoms with Gasteiger partial charge in [-0.05, 0) is 12.1 Å². The normalized spacial score (nSPS) is 10.2. The van der Waals surface area contributed by atoms with Crippen molar-refractivity contribution in [1.29, 1.82) is 0 Å². The Morgan fingerprint density at radius 3 is 2.65 bits per heavy atom. The average Bonchev–Trinajstić information content (AvgIpc) is 2.76. The number of nitrogens with two attached hydrogens (primary N) is 2. The Balaban J connectivity index is 2.18. The molecule has 17 heavy (non-hydrogen) atoms. The van der Waals surface area contributed by atoms with Gasteiger partial charge in [0.2, 0.25) is 0 Å². The van der Waals surface area contributed by atoms with Gasteiger partial charge in [0.1, 0.15) is 5.01 Å². The van der Waals surface area contributed by atoms with Gasteiger partial charge in [0.15, 0.2) is 5.96 Å². The minimum atomic E-state index is 0.0893. The quantitative estimate of drug-likeness (QED) is 0.661. The summed E-state index contributed by atoms with van der Waals surface area (Å²) in [5.41, 5.74) is 11.6. The summed E-state index contributed by atoms with van der Waals surface area (Å²) in [5, 5.41) is 1.65. The predicted octanol–water partition coefficient (Wildman–Crippen LogP) is 2.24. The van der Waals surface area contributed by atoms with E-state index in [1.54, 1.807) is 17.5 Å². The fraction of sp³-hybridized carbons (Fsp3) is 0.0909. The van der Waals surface area contributed by atoms with E-state index in [4.69, 9.17) is 23.1 Å². The van der Waals surface area contributed by atoms with Crippen molar-refractivity contribution in [2.45, 2.75) is 6.54 Å². The van der Waals surface area contributed by atoms with Gasteiger partial charge in [0.05, 0.1) is 6.54 Å². The van der Waals surface area contributed by atoms with Gasteiger partial charge in [-0.1, -0.05) is 23.7 Å². The van der Waals surface area contributed by atoms with Crippen molar-refractivity contribution in [1.82, 2.24) is 4.98 Å². The van der Waals surface area contributed by atoms with E-state index >= 15 is 0 Å². The topological polar surface area (TPSA) is 77.3 Å². The van der Waals surface area contributed by atoms with Crippen LogP contribution in [0.3, 0.4) is 0 Å². The first kappa shape index (κ1) is 11.9. The molecule has 6 heteroatoms. The van der Waals surface area contributed by atoms with Crippen LogP contribution in [0, 0.1) is 0 Å². The predicted molar refractivity (Wildman–Crippen MR) is 72.1 cm³/mol. The molecule has 0 aliphatic heterocycles. The molecule has 0 unspecified atom stereocenters. The SMILES string of the molecule is NC(N)=NCc1cnc(-c2ccc(Cl)cc2)s1. The molecule has 0 spiro atoms. The lowest BCUT2D eigenvalue weighted by molar-refractivity contribution is 1.08. The summed E-state index contributed by atoms with van der Waals surface area (Å²) in [6.07, 6.45) is 1.78. The monoisotopic (exact) mass is 266 g/mol. The van der Waals surface area contributed by atoms with Crippen LogP contribution in [-0.2, 0) is 6.54 Å². The number of rotatable bonds is 3. The Hall–Kier alpha value is -1.59. The van der Waals surface area contributed by atoms with Crippen LogP contribution in [0.4, 0.5) is 0 Å². The molecule has 0 fully saturated rings. The molecule has 1 aromatic heterocycles. The summed E-state index contributed by atoms with van der Waals surface area (Å²) in [5.74, 6) is 0.0893. The number of aromatic nitrogens is 1. The van der Waals surface area contributed by atoms with Crippen LogP contribution in [0.2, 0.25) is 5.02 Å². The molecule has 4 N–H and O–H groups in total. The van der Waals surface area contributed by atoms with Gasteiger partial charge >= 0.3 is 0 Å². The lowest BCUT2D eigenvalue weighted by atomic mass is 10.2. The zero-order chi connectivity index (χ0) is 12.3. The Kier molecular flexibility index (Phi) is 3.61. The first-order valence-electron chi connectivity index (χ1n) is 4.91. The van der Waals surface area contributed by atoms with Crippen LogP contribution in [-0.4, -0.2) is 10.9 Å². The maximum absolute atomic E-state index is 5.83. The van der Waals surface area contributed by atoms with Crippen molar-refractivity contribution in [3.63, 3.8) is 0 Å². The molecule has 2 rings (SSSR count). The molecule has 2 aromatic rings. The molecule has 0 bridgehead atoms. The average molecular weight is 267 g/mol. The van der Waals surface area contributed by atoms with E-state index in [0.29, 0.717) is 11.6 Å². The number of halogens is 1. The number of nitrogens with zero attached hydrogens (tertiary/aromatic N) is 2. The highest BCUT2D eigenvalue weighted by Crippen LogP contribution is 2.26. The third-order valence-corrected chi connectivity index (χ3v) is 3.35. The summed E-state index contributed by atoms with van der Waals surface area (Å²) in [6.45, 7) is 0.466. The Morgan fingerprint density at radius 2 is 2.00 bits per heavy atom. The Morgan fingerprint density at radius 1 is 1.29 bits per heavy atom. The molecule has 0 aliphatic carbocycles. The molecule has 0 radical (unpaired) electrons. The molecular formula is C11H11ClN4S. The molecule has 1 aromatic carbocycles. The van der Waals surface area contributed by atoms with E-state index in [0.717, 1.165) is 15.4 Å². The van der Waals surface area contributed by atoms with Crippen molar-refractivity contribution in [3.05, 3.63) is 40.4 Å². The van der Waals surface area contributed by atoms with Gasteiger partial charge in [-0.25, -0.2) is 9.98 Å². The van der Waals surface area contributed by atoms with Crippen LogP contribution >= 0.6 is 22.9 Å². The van der Waals surface area contributed by atoms with Crippen LogP contribution in [0.1, 0.15) is 4.88 Å². The van der Waals surface area contributed by atoms with Crippen LogP contribution in [0.5, 0.6) is 0 Å². The number of thiazole rings is 1. The maximum Gasteiger partial charge on any atom is 0.186 e. The maximum atomic E-state index is 5.83. The molecule has 1 heterocycles. The second-order valence-corrected chi connectivity index (χ2v) is 4.93. The summed E-state index contributed by atoms with van der Waals surface area (Å²) in [4.78, 5) is 9.27. The summed E-state index contributed by atoms with van der Waals surface area (Å²) in [6, 6.07) is 7.55. The molecule has 0 atom stereocenters. The zero-order valence-electron chi connectivity index (χ0n) is 8.93. The minimum absolute atomic E-state index is 0.0893. The van der Waals surface area contributed by atoms with Gasteiger partial charge < -0.3 is 11.5 Å². The minimum Gasteiger partial charge on any atom is -0.370 e. The highest BCUT2D eigenvalue weighted by atomic mass is 35.5. The van der Waals surface area contributed by atoms with E-state index in [1.807, 2.05) is 24.3 Å². The van der Waals surface area contributed by atoms with Gasteiger partial charge in [0, 0.05) is 21.7 Å². The standard InChI is InChI=1S/C11H11ClN4S/c12-8-3-1-7(2-4-8)10-15-5-9(17-10)6-16-11(13)14/h1-5H,6H2,(H4,13,14,16). The molecular weight excluding hydrogens is 256 g/mol. The second-order valence-electron chi connectivity index (χ2n) is 3.38. The molecule has 88 valence electrons. The number of benzene rings is 1. The van der Waals surface area contributed by atoms with Crippen LogP contribution in [0.25, 0.3) is 10.6 Å². The van der Waals surface area contributed by atoms with E-state index in [9.17, 15) is 0 Å². The molecule has 0 saturated heterocycles. The molecule has 0 aliphatic rings. The lowest BCUT2D eigenvalue weighted by Gasteiger charge is -1.95. The Bertz CT molecular complexity index is 529. The zero-order valence-corrected chi connectivity index (χ0v) is 10.5. The molecule has 0 amide bonds. The smallest absolute Gasteiger partial charge is 0.186 e. The third-order valence-electron chi connectivity index (χ3n) is 2.06. The number of aliphatic imine (C=N–C) groups is 1. The van der Waals surface area contributed by atoms with Gasteiger partial charge in [-0.2, -0.15) is 0 Å². The summed E-state index contributed by atoms with van der Waals surface area (Å²) >= 11 is 7.39. The Labute approximate surface area is 108 Å². The van der Waals surface area contributed by atoms with Crippen molar-refractivity contribution in [2.75, 3.05) is 0 Å². The van der Waals surface area contributed by atoms with E-state index < -0.39 is 0 Å². The van der Waals surface area contributed by atoms with Crippen molar-refractivity contribution in [2.24, 2.45) is 16.5 Å². The van der Waals surface area contributed by atoms with Crippen molar-refractivity contribution in [3.8, 4) is 10.6 Å². The van der Waals surface area contributed by atoms with E-state index in [-0.39, 0.29) is 5.96 Å². The van der Waals surface area contributed by atoms with E-state index in [2.05, 4.69) is 9.98 Å². The number of hydrogen-bond acceptors (Lipinski definition) is 3. The van der Waals surface area contributed by atoms with Gasteiger partial charge in [0.25, 0.3) is 0 Å². The highest BCUT2D eigenvalue weighted by Gasteiger charge is 2.04. The summed E-state index contributed by atoms with van der Waals surface area (Å²) in [7, 11) is 0. The van der Waals surface area contributed by atoms with Crippen LogP contribution < -0.4 is 11.5 Å².